The van der Waals surface area contributed by atoms with Gasteiger partial charge in [-0.3, -0.25) is 0 Å². The molecule has 0 aliphatic heterocycles. The van der Waals surface area contributed by atoms with Crippen molar-refractivity contribution >= 4 is 11.3 Å². The molecule has 0 aliphatic carbocycles. The first-order valence-corrected chi connectivity index (χ1v) is 6.61. The van der Waals surface area contributed by atoms with E-state index in [-0.39, 0.29) is 0 Å². The molecule has 0 atom stereocenters. The van der Waals surface area contributed by atoms with Gasteiger partial charge in [0.2, 0.25) is 0 Å². The fourth-order valence-corrected chi connectivity index (χ4v) is 2.83. The summed E-state index contributed by atoms with van der Waals surface area (Å²) in [5.74, 6) is 0.649. The Kier molecular flexibility index (Phi) is 3.45. The van der Waals surface area contributed by atoms with Crippen molar-refractivity contribution in [2.24, 2.45) is 0 Å². The van der Waals surface area contributed by atoms with Crippen LogP contribution < -0.4 is 0 Å². The lowest BCUT2D eigenvalue weighted by Crippen LogP contribution is -1.88. The zero-order valence-corrected chi connectivity index (χ0v) is 11.0. The topological polar surface area (TPSA) is 0 Å². The minimum absolute atomic E-state index is 0.649. The van der Waals surface area contributed by atoms with Crippen LogP contribution in [0.5, 0.6) is 0 Å². The summed E-state index contributed by atoms with van der Waals surface area (Å²) in [6, 6.07) is 13.2. The van der Waals surface area contributed by atoms with Crippen LogP contribution in [0.3, 0.4) is 0 Å². The Labute approximate surface area is 102 Å². The van der Waals surface area contributed by atoms with Crippen LogP contribution in [0.1, 0.15) is 40.6 Å². The van der Waals surface area contributed by atoms with Crippen LogP contribution >= 0.6 is 11.3 Å². The van der Waals surface area contributed by atoms with Crippen molar-refractivity contribution in [2.45, 2.75) is 33.1 Å². The zero-order valence-electron chi connectivity index (χ0n) is 10.2. The molecule has 0 nitrogen and oxygen atoms in total. The van der Waals surface area contributed by atoms with E-state index in [0.717, 1.165) is 6.42 Å². The molecule has 1 heteroatoms. The molecular weight excluding hydrogens is 212 g/mol. The lowest BCUT2D eigenvalue weighted by Gasteiger charge is -2.03. The van der Waals surface area contributed by atoms with E-state index in [1.165, 1.54) is 20.9 Å². The molecule has 0 spiro atoms. The van der Waals surface area contributed by atoms with Gasteiger partial charge in [-0.1, -0.05) is 38.1 Å². The Morgan fingerprint density at radius 3 is 2.44 bits per heavy atom. The van der Waals surface area contributed by atoms with Gasteiger partial charge in [-0.05, 0) is 36.1 Å². The molecule has 16 heavy (non-hydrogen) atoms. The summed E-state index contributed by atoms with van der Waals surface area (Å²) in [5.41, 5.74) is 2.83. The second-order valence-corrected chi connectivity index (χ2v) is 5.76. The fourth-order valence-electron chi connectivity index (χ4n) is 1.80. The van der Waals surface area contributed by atoms with Gasteiger partial charge < -0.3 is 0 Å². The molecule has 84 valence electrons. The molecule has 0 N–H and O–H groups in total. The highest BCUT2D eigenvalue weighted by molar-refractivity contribution is 7.12. The molecule has 1 heterocycles. The van der Waals surface area contributed by atoms with E-state index in [1.807, 2.05) is 11.3 Å². The molecule has 0 saturated carbocycles. The van der Waals surface area contributed by atoms with Gasteiger partial charge in [0.15, 0.2) is 0 Å². The Bertz CT molecular complexity index is 466. The van der Waals surface area contributed by atoms with Crippen LogP contribution in [-0.2, 0) is 6.42 Å². The van der Waals surface area contributed by atoms with Gasteiger partial charge in [0.05, 0.1) is 0 Å². The largest absolute Gasteiger partial charge is 0.145 e. The summed E-state index contributed by atoms with van der Waals surface area (Å²) in [5, 5.41) is 0. The second kappa shape index (κ2) is 4.84. The first-order chi connectivity index (χ1) is 7.66. The SMILES string of the molecule is Cc1ccccc1Cc1ccc(C(C)C)s1. The van der Waals surface area contributed by atoms with Crippen molar-refractivity contribution in [1.29, 1.82) is 0 Å². The van der Waals surface area contributed by atoms with Crippen LogP contribution in [0.15, 0.2) is 36.4 Å². The lowest BCUT2D eigenvalue weighted by atomic mass is 10.1. The molecule has 0 unspecified atom stereocenters. The van der Waals surface area contributed by atoms with Crippen molar-refractivity contribution in [1.82, 2.24) is 0 Å². The van der Waals surface area contributed by atoms with Gasteiger partial charge >= 0.3 is 0 Å². The molecule has 0 aliphatic rings. The maximum absolute atomic E-state index is 2.27. The van der Waals surface area contributed by atoms with Crippen molar-refractivity contribution in [3.05, 3.63) is 57.3 Å². The summed E-state index contributed by atoms with van der Waals surface area (Å²) in [6.07, 6.45) is 1.07. The lowest BCUT2D eigenvalue weighted by molar-refractivity contribution is 0.890. The highest BCUT2D eigenvalue weighted by Crippen LogP contribution is 2.26. The molecule has 1 aromatic heterocycles. The number of benzene rings is 1. The number of hydrogen-bond donors (Lipinski definition) is 0. The van der Waals surface area contributed by atoms with E-state index in [4.69, 9.17) is 0 Å². The van der Waals surface area contributed by atoms with Crippen LogP contribution in [0.4, 0.5) is 0 Å². The van der Waals surface area contributed by atoms with E-state index in [1.54, 1.807) is 0 Å². The van der Waals surface area contributed by atoms with E-state index < -0.39 is 0 Å². The first-order valence-electron chi connectivity index (χ1n) is 5.80. The maximum Gasteiger partial charge on any atom is 0.00922 e. The average Bonchev–Trinajstić information content (AvgIpc) is 2.70. The quantitative estimate of drug-likeness (QED) is 0.712. The predicted molar refractivity (Wildman–Crippen MR) is 72.4 cm³/mol. The van der Waals surface area contributed by atoms with E-state index >= 15 is 0 Å². The van der Waals surface area contributed by atoms with Gasteiger partial charge in [0.1, 0.15) is 0 Å². The molecule has 0 bridgehead atoms. The van der Waals surface area contributed by atoms with Gasteiger partial charge in [-0.2, -0.15) is 0 Å². The van der Waals surface area contributed by atoms with E-state index in [9.17, 15) is 0 Å². The molecule has 2 aromatic rings. The Morgan fingerprint density at radius 2 is 1.81 bits per heavy atom. The van der Waals surface area contributed by atoms with Crippen LogP contribution in [0, 0.1) is 6.92 Å². The van der Waals surface area contributed by atoms with Crippen LogP contribution in [0.25, 0.3) is 0 Å². The maximum atomic E-state index is 2.27. The summed E-state index contributed by atoms with van der Waals surface area (Å²) in [6.45, 7) is 6.69. The molecular formula is C15H18S. The minimum atomic E-state index is 0.649. The highest BCUT2D eigenvalue weighted by atomic mass is 32.1. The number of aryl methyl sites for hydroxylation is 1. The third-order valence-electron chi connectivity index (χ3n) is 2.88. The minimum Gasteiger partial charge on any atom is -0.145 e. The normalized spacial score (nSPS) is 11.0. The number of hydrogen-bond acceptors (Lipinski definition) is 1. The Balaban J connectivity index is 2.18. The smallest absolute Gasteiger partial charge is 0.00922 e. The standard InChI is InChI=1S/C15H18S/c1-11(2)15-9-8-14(16-15)10-13-7-5-4-6-12(13)3/h4-9,11H,10H2,1-3H3. The van der Waals surface area contributed by atoms with E-state index in [2.05, 4.69) is 57.2 Å². The van der Waals surface area contributed by atoms with Crippen molar-refractivity contribution < 1.29 is 0 Å². The number of rotatable bonds is 3. The third-order valence-corrected chi connectivity index (χ3v) is 4.26. The van der Waals surface area contributed by atoms with Gasteiger partial charge in [-0.25, -0.2) is 0 Å². The van der Waals surface area contributed by atoms with Gasteiger partial charge in [0.25, 0.3) is 0 Å². The Hall–Kier alpha value is -1.08. The van der Waals surface area contributed by atoms with Crippen molar-refractivity contribution in [2.75, 3.05) is 0 Å². The van der Waals surface area contributed by atoms with Crippen LogP contribution in [-0.4, -0.2) is 0 Å². The zero-order chi connectivity index (χ0) is 11.5. The summed E-state index contributed by atoms with van der Waals surface area (Å²) < 4.78 is 0. The first kappa shape index (κ1) is 11.4. The second-order valence-electron chi connectivity index (χ2n) is 4.56. The Morgan fingerprint density at radius 1 is 1.06 bits per heavy atom. The van der Waals surface area contributed by atoms with Crippen molar-refractivity contribution in [3.8, 4) is 0 Å². The summed E-state index contributed by atoms with van der Waals surface area (Å²) in [7, 11) is 0. The van der Waals surface area contributed by atoms with Crippen LogP contribution in [0.2, 0.25) is 0 Å². The fraction of sp³-hybridized carbons (Fsp3) is 0.333. The average molecular weight is 230 g/mol. The third kappa shape index (κ3) is 2.53. The summed E-state index contributed by atoms with van der Waals surface area (Å²) >= 11 is 1.94. The molecule has 0 fully saturated rings. The molecule has 1 aromatic carbocycles. The highest BCUT2D eigenvalue weighted by Gasteiger charge is 2.05. The van der Waals surface area contributed by atoms with Gasteiger partial charge in [0, 0.05) is 16.2 Å². The van der Waals surface area contributed by atoms with E-state index in [0.29, 0.717) is 5.92 Å². The monoisotopic (exact) mass is 230 g/mol. The van der Waals surface area contributed by atoms with Crippen molar-refractivity contribution in [3.63, 3.8) is 0 Å². The number of thiophene rings is 1. The predicted octanol–water partition coefficient (Wildman–Crippen LogP) is 4.77. The molecule has 0 amide bonds. The van der Waals surface area contributed by atoms with Gasteiger partial charge in [-0.15, -0.1) is 11.3 Å². The molecule has 0 radical (unpaired) electrons. The molecule has 0 saturated heterocycles. The summed E-state index contributed by atoms with van der Waals surface area (Å²) in [4.78, 5) is 2.96. The molecule has 2 rings (SSSR count).